The molecule has 7 N–H and O–H groups in total. The van der Waals surface area contributed by atoms with Crippen molar-refractivity contribution in [1.29, 1.82) is 0 Å². The van der Waals surface area contributed by atoms with Gasteiger partial charge in [0.2, 0.25) is 17.7 Å². The molecule has 166 valence electrons. The number of rotatable bonds is 14. The zero-order valence-corrected chi connectivity index (χ0v) is 17.7. The number of nitrogens with one attached hydrogen (secondary N) is 4. The van der Waals surface area contributed by atoms with Crippen LogP contribution in [-0.2, 0) is 19.2 Å². The second-order valence-electron chi connectivity index (χ2n) is 6.95. The molecule has 0 aromatic rings. The van der Waals surface area contributed by atoms with Gasteiger partial charge in [-0.05, 0) is 63.6 Å². The third kappa shape index (κ3) is 9.95. The van der Waals surface area contributed by atoms with E-state index in [0.29, 0.717) is 31.6 Å². The summed E-state index contributed by atoms with van der Waals surface area (Å²) in [7, 11) is 0. The van der Waals surface area contributed by atoms with Gasteiger partial charge >= 0.3 is 5.97 Å². The minimum Gasteiger partial charge on any atom is -0.480 e. The van der Waals surface area contributed by atoms with Gasteiger partial charge in [-0.25, -0.2) is 4.79 Å². The van der Waals surface area contributed by atoms with E-state index in [0.717, 1.165) is 19.4 Å². The van der Waals surface area contributed by atoms with Crippen molar-refractivity contribution in [2.24, 2.45) is 5.73 Å². The SMILES string of the molecule is CSCCC(NC(=O)C1CCCN1)C(=O)NCC(=O)NC(CCCCN)C(=O)O. The van der Waals surface area contributed by atoms with Crippen molar-refractivity contribution in [2.45, 2.75) is 56.7 Å². The van der Waals surface area contributed by atoms with Crippen LogP contribution in [0.1, 0.15) is 38.5 Å². The number of aliphatic carboxylic acids is 1. The van der Waals surface area contributed by atoms with Crippen LogP contribution in [0.2, 0.25) is 0 Å². The minimum atomic E-state index is -1.13. The second-order valence-corrected chi connectivity index (χ2v) is 7.94. The molecule has 0 bridgehead atoms. The van der Waals surface area contributed by atoms with Gasteiger partial charge in [-0.2, -0.15) is 11.8 Å². The lowest BCUT2D eigenvalue weighted by molar-refractivity contribution is -0.142. The number of carboxylic acid groups (broad SMARTS) is 1. The van der Waals surface area contributed by atoms with Crippen molar-refractivity contribution in [2.75, 3.05) is 31.6 Å². The first-order valence-electron chi connectivity index (χ1n) is 9.91. The average Bonchev–Trinajstić information content (AvgIpc) is 3.23. The third-order valence-corrected chi connectivity index (χ3v) is 5.27. The van der Waals surface area contributed by atoms with Gasteiger partial charge in [0.25, 0.3) is 0 Å². The first-order chi connectivity index (χ1) is 13.9. The molecule has 0 aromatic carbocycles. The van der Waals surface area contributed by atoms with Crippen LogP contribution in [-0.4, -0.2) is 78.6 Å². The predicted octanol–water partition coefficient (Wildman–Crippen LogP) is -1.21. The van der Waals surface area contributed by atoms with Gasteiger partial charge in [0, 0.05) is 0 Å². The van der Waals surface area contributed by atoms with Crippen molar-refractivity contribution in [1.82, 2.24) is 21.3 Å². The van der Waals surface area contributed by atoms with Crippen LogP contribution < -0.4 is 27.0 Å². The van der Waals surface area contributed by atoms with Crippen molar-refractivity contribution < 1.29 is 24.3 Å². The number of thioether (sulfide) groups is 1. The van der Waals surface area contributed by atoms with Crippen LogP contribution in [0.4, 0.5) is 0 Å². The fourth-order valence-corrected chi connectivity index (χ4v) is 3.44. The average molecular weight is 432 g/mol. The van der Waals surface area contributed by atoms with Gasteiger partial charge < -0.3 is 32.1 Å². The van der Waals surface area contributed by atoms with Crippen LogP contribution in [0.3, 0.4) is 0 Å². The molecule has 3 atom stereocenters. The lowest BCUT2D eigenvalue weighted by Crippen LogP contribution is -2.53. The molecule has 0 saturated carbocycles. The number of carbonyl (C=O) groups is 4. The maximum absolute atomic E-state index is 12.5. The van der Waals surface area contributed by atoms with Gasteiger partial charge in [0.05, 0.1) is 12.6 Å². The number of hydrogen-bond donors (Lipinski definition) is 6. The molecule has 3 unspecified atom stereocenters. The van der Waals surface area contributed by atoms with Crippen molar-refractivity contribution in [3.8, 4) is 0 Å². The first kappa shape index (κ1) is 25.2. The Balaban J connectivity index is 2.51. The molecule has 10 nitrogen and oxygen atoms in total. The molecule has 11 heteroatoms. The fourth-order valence-electron chi connectivity index (χ4n) is 2.97. The first-order valence-corrected chi connectivity index (χ1v) is 11.3. The van der Waals surface area contributed by atoms with Crippen LogP contribution in [0, 0.1) is 0 Å². The summed E-state index contributed by atoms with van der Waals surface area (Å²) in [5.41, 5.74) is 5.39. The van der Waals surface area contributed by atoms with E-state index in [4.69, 9.17) is 5.73 Å². The van der Waals surface area contributed by atoms with E-state index < -0.39 is 29.9 Å². The highest BCUT2D eigenvalue weighted by atomic mass is 32.2. The molecule has 1 aliphatic rings. The van der Waals surface area contributed by atoms with Crippen molar-refractivity contribution >= 4 is 35.5 Å². The summed E-state index contributed by atoms with van der Waals surface area (Å²) < 4.78 is 0. The molecule has 1 aliphatic heterocycles. The van der Waals surface area contributed by atoms with E-state index >= 15 is 0 Å². The highest BCUT2D eigenvalue weighted by Gasteiger charge is 2.27. The lowest BCUT2D eigenvalue weighted by Gasteiger charge is -2.20. The topological polar surface area (TPSA) is 163 Å². The van der Waals surface area contributed by atoms with E-state index in [1.54, 1.807) is 11.8 Å². The molecule has 29 heavy (non-hydrogen) atoms. The predicted molar refractivity (Wildman–Crippen MR) is 111 cm³/mol. The van der Waals surface area contributed by atoms with E-state index in [1.807, 2.05) is 6.26 Å². The Morgan fingerprint density at radius 3 is 2.52 bits per heavy atom. The third-order valence-electron chi connectivity index (χ3n) is 4.62. The maximum atomic E-state index is 12.5. The monoisotopic (exact) mass is 431 g/mol. The number of hydrogen-bond acceptors (Lipinski definition) is 7. The zero-order valence-electron chi connectivity index (χ0n) is 16.9. The number of unbranched alkanes of at least 4 members (excludes halogenated alkanes) is 1. The summed E-state index contributed by atoms with van der Waals surface area (Å²) in [6.07, 6.45) is 5.50. The minimum absolute atomic E-state index is 0.223. The van der Waals surface area contributed by atoms with Crippen LogP contribution in [0.15, 0.2) is 0 Å². The van der Waals surface area contributed by atoms with Gasteiger partial charge in [-0.3, -0.25) is 14.4 Å². The Morgan fingerprint density at radius 1 is 1.17 bits per heavy atom. The quantitative estimate of drug-likeness (QED) is 0.187. The summed E-state index contributed by atoms with van der Waals surface area (Å²) in [6.45, 7) is 0.874. The normalized spacial score (nSPS) is 17.9. The molecular weight excluding hydrogens is 398 g/mol. The molecule has 3 amide bonds. The lowest BCUT2D eigenvalue weighted by atomic mass is 10.1. The highest BCUT2D eigenvalue weighted by Crippen LogP contribution is 2.07. The molecule has 1 fully saturated rings. The molecule has 1 heterocycles. The summed E-state index contributed by atoms with van der Waals surface area (Å²) in [5.74, 6) is -1.73. The summed E-state index contributed by atoms with van der Waals surface area (Å²) in [4.78, 5) is 48.1. The summed E-state index contributed by atoms with van der Waals surface area (Å²) >= 11 is 1.55. The molecular formula is C18H33N5O5S. The Kier molecular flexibility index (Phi) is 12.3. The van der Waals surface area contributed by atoms with E-state index in [9.17, 15) is 24.3 Å². The number of nitrogens with two attached hydrogens (primary N) is 1. The smallest absolute Gasteiger partial charge is 0.326 e. The van der Waals surface area contributed by atoms with Crippen LogP contribution in [0.5, 0.6) is 0 Å². The molecule has 0 spiro atoms. The van der Waals surface area contributed by atoms with Gasteiger partial charge in [-0.15, -0.1) is 0 Å². The van der Waals surface area contributed by atoms with Gasteiger partial charge in [-0.1, -0.05) is 0 Å². The van der Waals surface area contributed by atoms with E-state index in [1.165, 1.54) is 0 Å². The Labute approximate surface area is 175 Å². The highest BCUT2D eigenvalue weighted by molar-refractivity contribution is 7.98. The van der Waals surface area contributed by atoms with Gasteiger partial charge in [0.15, 0.2) is 0 Å². The molecule has 0 radical (unpaired) electrons. The molecule has 1 rings (SSSR count). The number of carbonyl (C=O) groups excluding carboxylic acids is 3. The van der Waals surface area contributed by atoms with E-state index in [-0.39, 0.29) is 24.9 Å². The number of carboxylic acids is 1. The van der Waals surface area contributed by atoms with Crippen molar-refractivity contribution in [3.05, 3.63) is 0 Å². The standard InChI is InChI=1S/C18H33N5O5S/c1-29-10-7-13(23-17(26)12-6-4-9-20-12)16(25)21-11-15(24)22-14(18(27)28)5-2-3-8-19/h12-14,20H,2-11,19H2,1H3,(H,21,25)(H,22,24)(H,23,26)(H,27,28). The molecule has 0 aliphatic carbocycles. The Hall–Kier alpha value is -1.85. The van der Waals surface area contributed by atoms with Crippen LogP contribution in [0.25, 0.3) is 0 Å². The van der Waals surface area contributed by atoms with Crippen molar-refractivity contribution in [3.63, 3.8) is 0 Å². The molecule has 1 saturated heterocycles. The fraction of sp³-hybridized carbons (Fsp3) is 0.778. The molecule has 0 aromatic heterocycles. The summed E-state index contributed by atoms with van der Waals surface area (Å²) in [6, 6.07) is -2.07. The second kappa shape index (κ2) is 14.2. The Bertz CT molecular complexity index is 557. The Morgan fingerprint density at radius 2 is 1.93 bits per heavy atom. The van der Waals surface area contributed by atoms with E-state index in [2.05, 4.69) is 21.3 Å². The van der Waals surface area contributed by atoms with Gasteiger partial charge in [0.1, 0.15) is 12.1 Å². The summed E-state index contributed by atoms with van der Waals surface area (Å²) in [5, 5.41) is 19.9. The zero-order chi connectivity index (χ0) is 21.6. The maximum Gasteiger partial charge on any atom is 0.326 e. The van der Waals surface area contributed by atoms with Crippen LogP contribution >= 0.6 is 11.8 Å². The largest absolute Gasteiger partial charge is 0.480 e. The number of amides is 3.